The van der Waals surface area contributed by atoms with Crippen LogP contribution in [-0.4, -0.2) is 23.3 Å². The summed E-state index contributed by atoms with van der Waals surface area (Å²) in [5.74, 6) is 0. The zero-order chi connectivity index (χ0) is 12.0. The SMILES string of the molecule is CC1(C)CC(C)(C)CC(O)(CNC2CC2)C1. The monoisotopic (exact) mass is 225 g/mol. The summed E-state index contributed by atoms with van der Waals surface area (Å²) in [4.78, 5) is 0. The molecule has 0 saturated heterocycles. The van der Waals surface area contributed by atoms with Gasteiger partial charge in [0.15, 0.2) is 0 Å². The Bertz CT molecular complexity index is 250. The summed E-state index contributed by atoms with van der Waals surface area (Å²) in [5, 5.41) is 14.2. The van der Waals surface area contributed by atoms with E-state index in [1.807, 2.05) is 0 Å². The van der Waals surface area contributed by atoms with E-state index in [0.29, 0.717) is 6.04 Å². The minimum atomic E-state index is -0.492. The largest absolute Gasteiger partial charge is 0.389 e. The zero-order valence-electron chi connectivity index (χ0n) is 11.3. The lowest BCUT2D eigenvalue weighted by Gasteiger charge is -2.49. The summed E-state index contributed by atoms with van der Waals surface area (Å²) in [6.45, 7) is 9.93. The van der Waals surface area contributed by atoms with Crippen molar-refractivity contribution in [2.75, 3.05) is 6.54 Å². The van der Waals surface area contributed by atoms with Crippen LogP contribution >= 0.6 is 0 Å². The number of hydrogen-bond acceptors (Lipinski definition) is 2. The van der Waals surface area contributed by atoms with Crippen LogP contribution in [0.25, 0.3) is 0 Å². The molecule has 0 heterocycles. The van der Waals surface area contributed by atoms with E-state index in [1.165, 1.54) is 19.3 Å². The fourth-order valence-electron chi connectivity index (χ4n) is 4.01. The lowest BCUT2D eigenvalue weighted by atomic mass is 9.59. The van der Waals surface area contributed by atoms with Crippen molar-refractivity contribution < 1.29 is 5.11 Å². The Hall–Kier alpha value is -0.0800. The minimum absolute atomic E-state index is 0.266. The van der Waals surface area contributed by atoms with Crippen LogP contribution in [0, 0.1) is 10.8 Å². The molecule has 0 aromatic heterocycles. The smallest absolute Gasteiger partial charge is 0.0781 e. The lowest BCUT2D eigenvalue weighted by Crippen LogP contribution is -2.51. The number of aliphatic hydroxyl groups is 1. The topological polar surface area (TPSA) is 32.3 Å². The van der Waals surface area contributed by atoms with Gasteiger partial charge in [-0.15, -0.1) is 0 Å². The first-order valence-electron chi connectivity index (χ1n) is 6.66. The average Bonchev–Trinajstić information content (AvgIpc) is 2.75. The number of hydrogen-bond donors (Lipinski definition) is 2. The highest BCUT2D eigenvalue weighted by Crippen LogP contribution is 2.49. The molecule has 2 nitrogen and oxygen atoms in total. The summed E-state index contributed by atoms with van der Waals surface area (Å²) in [7, 11) is 0. The van der Waals surface area contributed by atoms with Crippen molar-refractivity contribution in [3.8, 4) is 0 Å². The second-order valence-corrected chi connectivity index (χ2v) is 7.74. The van der Waals surface area contributed by atoms with Gasteiger partial charge in [0.2, 0.25) is 0 Å². The van der Waals surface area contributed by atoms with Crippen LogP contribution in [0.5, 0.6) is 0 Å². The standard InChI is InChI=1S/C14H27NO/c1-12(2)7-13(3,4)9-14(16,8-12)10-15-11-5-6-11/h11,15-16H,5-10H2,1-4H3. The molecule has 16 heavy (non-hydrogen) atoms. The average molecular weight is 225 g/mol. The summed E-state index contributed by atoms with van der Waals surface area (Å²) in [5.41, 5.74) is 0.0390. The molecule has 0 atom stereocenters. The Labute approximate surface area is 99.8 Å². The fraction of sp³-hybridized carbons (Fsp3) is 1.00. The van der Waals surface area contributed by atoms with E-state index in [4.69, 9.17) is 0 Å². The predicted octanol–water partition coefficient (Wildman–Crippen LogP) is 2.71. The van der Waals surface area contributed by atoms with Crippen LogP contribution in [0.15, 0.2) is 0 Å². The van der Waals surface area contributed by atoms with E-state index < -0.39 is 5.60 Å². The van der Waals surface area contributed by atoms with Crippen LogP contribution in [0.4, 0.5) is 0 Å². The van der Waals surface area contributed by atoms with E-state index in [1.54, 1.807) is 0 Å². The van der Waals surface area contributed by atoms with Gasteiger partial charge in [0, 0.05) is 12.6 Å². The fourth-order valence-corrected chi connectivity index (χ4v) is 4.01. The molecule has 2 aliphatic carbocycles. The van der Waals surface area contributed by atoms with Crippen molar-refractivity contribution in [1.82, 2.24) is 5.32 Å². The third-order valence-electron chi connectivity index (χ3n) is 3.87. The van der Waals surface area contributed by atoms with Gasteiger partial charge in [0.05, 0.1) is 5.60 Å². The molecular formula is C14H27NO. The molecule has 0 unspecified atom stereocenters. The molecular weight excluding hydrogens is 198 g/mol. The van der Waals surface area contributed by atoms with E-state index in [-0.39, 0.29) is 10.8 Å². The Kier molecular flexibility index (Phi) is 2.87. The van der Waals surface area contributed by atoms with E-state index in [9.17, 15) is 5.11 Å². The predicted molar refractivity (Wildman–Crippen MR) is 67.4 cm³/mol. The maximum Gasteiger partial charge on any atom is 0.0781 e. The molecule has 0 spiro atoms. The van der Waals surface area contributed by atoms with Gasteiger partial charge >= 0.3 is 0 Å². The molecule has 0 bridgehead atoms. The molecule has 0 radical (unpaired) electrons. The molecule has 0 amide bonds. The van der Waals surface area contributed by atoms with Crippen molar-refractivity contribution in [2.45, 2.75) is 71.4 Å². The third-order valence-corrected chi connectivity index (χ3v) is 3.87. The Balaban J connectivity index is 2.00. The highest BCUT2D eigenvalue weighted by atomic mass is 16.3. The minimum Gasteiger partial charge on any atom is -0.389 e. The zero-order valence-corrected chi connectivity index (χ0v) is 11.3. The Morgan fingerprint density at radius 3 is 1.94 bits per heavy atom. The molecule has 0 aliphatic heterocycles. The van der Waals surface area contributed by atoms with Gasteiger partial charge in [-0.2, -0.15) is 0 Å². The van der Waals surface area contributed by atoms with E-state index in [0.717, 1.165) is 19.4 Å². The van der Waals surface area contributed by atoms with E-state index >= 15 is 0 Å². The van der Waals surface area contributed by atoms with Crippen molar-refractivity contribution >= 4 is 0 Å². The van der Waals surface area contributed by atoms with Gasteiger partial charge < -0.3 is 10.4 Å². The third kappa shape index (κ3) is 3.21. The van der Waals surface area contributed by atoms with Crippen molar-refractivity contribution in [3.05, 3.63) is 0 Å². The van der Waals surface area contributed by atoms with Gasteiger partial charge in [0.1, 0.15) is 0 Å². The Morgan fingerprint density at radius 1 is 1.00 bits per heavy atom. The van der Waals surface area contributed by atoms with Gasteiger partial charge in [-0.3, -0.25) is 0 Å². The van der Waals surface area contributed by atoms with Gasteiger partial charge in [-0.05, 0) is 42.9 Å². The maximum absolute atomic E-state index is 10.8. The highest BCUT2D eigenvalue weighted by Gasteiger charge is 2.46. The van der Waals surface area contributed by atoms with Crippen LogP contribution in [-0.2, 0) is 0 Å². The van der Waals surface area contributed by atoms with E-state index in [2.05, 4.69) is 33.0 Å². The number of nitrogens with one attached hydrogen (secondary N) is 1. The van der Waals surface area contributed by atoms with Gasteiger partial charge in [-0.1, -0.05) is 27.7 Å². The molecule has 2 fully saturated rings. The Morgan fingerprint density at radius 2 is 1.50 bits per heavy atom. The van der Waals surface area contributed by atoms with Crippen molar-refractivity contribution in [2.24, 2.45) is 10.8 Å². The molecule has 0 aromatic rings. The van der Waals surface area contributed by atoms with Gasteiger partial charge in [-0.25, -0.2) is 0 Å². The number of rotatable bonds is 3. The second kappa shape index (κ2) is 3.71. The molecule has 94 valence electrons. The first-order chi connectivity index (χ1) is 7.20. The summed E-state index contributed by atoms with van der Waals surface area (Å²) in [6.07, 6.45) is 5.67. The molecule has 2 rings (SSSR count). The summed E-state index contributed by atoms with van der Waals surface area (Å²) in [6, 6.07) is 0.692. The molecule has 0 aromatic carbocycles. The van der Waals surface area contributed by atoms with Crippen molar-refractivity contribution in [1.29, 1.82) is 0 Å². The molecule has 2 saturated carbocycles. The summed E-state index contributed by atoms with van der Waals surface area (Å²) >= 11 is 0. The van der Waals surface area contributed by atoms with Gasteiger partial charge in [0.25, 0.3) is 0 Å². The quantitative estimate of drug-likeness (QED) is 0.774. The summed E-state index contributed by atoms with van der Waals surface area (Å²) < 4.78 is 0. The molecule has 2 aliphatic rings. The second-order valence-electron chi connectivity index (χ2n) is 7.74. The molecule has 2 N–H and O–H groups in total. The maximum atomic E-state index is 10.8. The van der Waals surface area contributed by atoms with Crippen LogP contribution < -0.4 is 5.32 Å². The van der Waals surface area contributed by atoms with Crippen LogP contribution in [0.3, 0.4) is 0 Å². The highest BCUT2D eigenvalue weighted by molar-refractivity contribution is 5.00. The van der Waals surface area contributed by atoms with Crippen molar-refractivity contribution in [3.63, 3.8) is 0 Å². The first-order valence-corrected chi connectivity index (χ1v) is 6.66. The first kappa shape index (κ1) is 12.4. The lowest BCUT2D eigenvalue weighted by molar-refractivity contribution is -0.0839. The molecule has 2 heteroatoms. The van der Waals surface area contributed by atoms with Crippen LogP contribution in [0.2, 0.25) is 0 Å². The van der Waals surface area contributed by atoms with Crippen LogP contribution in [0.1, 0.15) is 59.8 Å². The normalized spacial score (nSPS) is 31.3.